The van der Waals surface area contributed by atoms with Gasteiger partial charge in [0.25, 0.3) is 0 Å². The zero-order valence-corrected chi connectivity index (χ0v) is 12.8. The van der Waals surface area contributed by atoms with E-state index < -0.39 is 5.97 Å². The molecule has 0 radical (unpaired) electrons. The molecule has 0 aliphatic carbocycles. The maximum Gasteiger partial charge on any atom is 0.303 e. The van der Waals surface area contributed by atoms with Crippen molar-refractivity contribution in [2.75, 3.05) is 13.6 Å². The summed E-state index contributed by atoms with van der Waals surface area (Å²) in [6, 6.07) is 3.86. The Bertz CT molecular complexity index is 433. The number of carboxylic acids is 1. The first kappa shape index (κ1) is 15.2. The SMILES string of the molecule is CC(C(=O)N(C)CCCC(=O)O)c1ccc(Br)s1. The van der Waals surface area contributed by atoms with Crippen LogP contribution in [-0.2, 0) is 9.59 Å². The van der Waals surface area contributed by atoms with E-state index in [-0.39, 0.29) is 18.2 Å². The van der Waals surface area contributed by atoms with Crippen LogP contribution in [0.3, 0.4) is 0 Å². The summed E-state index contributed by atoms with van der Waals surface area (Å²) < 4.78 is 1.01. The summed E-state index contributed by atoms with van der Waals surface area (Å²) in [5, 5.41) is 8.55. The first-order valence-electron chi connectivity index (χ1n) is 5.64. The van der Waals surface area contributed by atoms with Gasteiger partial charge in [0.15, 0.2) is 0 Å². The van der Waals surface area contributed by atoms with E-state index in [0.717, 1.165) is 8.66 Å². The van der Waals surface area contributed by atoms with E-state index in [1.807, 2.05) is 19.1 Å². The molecule has 0 aliphatic heterocycles. The fraction of sp³-hybridized carbons (Fsp3) is 0.500. The predicted molar refractivity (Wildman–Crippen MR) is 74.9 cm³/mol. The van der Waals surface area contributed by atoms with Gasteiger partial charge < -0.3 is 10.0 Å². The molecule has 1 atom stereocenters. The molecule has 1 rings (SSSR count). The third kappa shape index (κ3) is 4.42. The first-order valence-corrected chi connectivity index (χ1v) is 7.24. The molecule has 18 heavy (non-hydrogen) atoms. The lowest BCUT2D eigenvalue weighted by molar-refractivity contribution is -0.138. The molecule has 6 heteroatoms. The van der Waals surface area contributed by atoms with E-state index >= 15 is 0 Å². The van der Waals surface area contributed by atoms with Gasteiger partial charge >= 0.3 is 5.97 Å². The van der Waals surface area contributed by atoms with Gasteiger partial charge in [0.2, 0.25) is 5.91 Å². The van der Waals surface area contributed by atoms with Crippen molar-refractivity contribution in [2.45, 2.75) is 25.7 Å². The Morgan fingerprint density at radius 3 is 2.67 bits per heavy atom. The Labute approximate surface area is 119 Å². The summed E-state index contributed by atoms with van der Waals surface area (Å²) in [7, 11) is 1.71. The van der Waals surface area contributed by atoms with Crippen molar-refractivity contribution in [3.8, 4) is 0 Å². The lowest BCUT2D eigenvalue weighted by Gasteiger charge is -2.20. The molecule has 100 valence electrons. The zero-order valence-electron chi connectivity index (χ0n) is 10.4. The van der Waals surface area contributed by atoms with Crippen molar-refractivity contribution in [2.24, 2.45) is 0 Å². The lowest BCUT2D eigenvalue weighted by atomic mass is 10.1. The molecule has 1 aromatic rings. The second kappa shape index (κ2) is 6.89. The number of carboxylic acid groups (broad SMARTS) is 1. The van der Waals surface area contributed by atoms with Crippen molar-refractivity contribution >= 4 is 39.1 Å². The van der Waals surface area contributed by atoms with Crippen molar-refractivity contribution in [1.29, 1.82) is 0 Å². The van der Waals surface area contributed by atoms with Crippen molar-refractivity contribution in [1.82, 2.24) is 4.90 Å². The van der Waals surface area contributed by atoms with E-state index in [2.05, 4.69) is 15.9 Å². The smallest absolute Gasteiger partial charge is 0.303 e. The fourth-order valence-corrected chi connectivity index (χ4v) is 3.06. The highest BCUT2D eigenvalue weighted by molar-refractivity contribution is 9.11. The average molecular weight is 334 g/mol. The Hall–Kier alpha value is -0.880. The number of hydrogen-bond acceptors (Lipinski definition) is 3. The van der Waals surface area contributed by atoms with Crippen LogP contribution in [0.25, 0.3) is 0 Å². The van der Waals surface area contributed by atoms with E-state index in [1.54, 1.807) is 23.3 Å². The minimum absolute atomic E-state index is 0.0229. The number of nitrogens with zero attached hydrogens (tertiary/aromatic N) is 1. The van der Waals surface area contributed by atoms with Gasteiger partial charge in [0, 0.05) is 24.9 Å². The molecular formula is C12H16BrNO3S. The van der Waals surface area contributed by atoms with E-state index in [0.29, 0.717) is 13.0 Å². The predicted octanol–water partition coefficient (Wildman–Crippen LogP) is 2.94. The normalized spacial score (nSPS) is 12.2. The summed E-state index contributed by atoms with van der Waals surface area (Å²) in [6.07, 6.45) is 0.578. The molecule has 0 saturated carbocycles. The number of thiophene rings is 1. The number of aliphatic carboxylic acids is 1. The second-order valence-corrected chi connectivity index (χ2v) is 6.62. The number of halogens is 1. The van der Waals surface area contributed by atoms with Crippen LogP contribution in [0.5, 0.6) is 0 Å². The monoisotopic (exact) mass is 333 g/mol. The Balaban J connectivity index is 2.50. The molecular weight excluding hydrogens is 318 g/mol. The summed E-state index contributed by atoms with van der Waals surface area (Å²) >= 11 is 4.92. The van der Waals surface area contributed by atoms with Gasteiger partial charge in [0.05, 0.1) is 9.70 Å². The summed E-state index contributed by atoms with van der Waals surface area (Å²) in [5.41, 5.74) is 0. The standard InChI is InChI=1S/C12H16BrNO3S/c1-8(9-5-6-10(13)18-9)12(17)14(2)7-3-4-11(15)16/h5-6,8H,3-4,7H2,1-2H3,(H,15,16). The third-order valence-corrected chi connectivity index (χ3v) is 4.46. The van der Waals surface area contributed by atoms with Crippen LogP contribution >= 0.6 is 27.3 Å². The third-order valence-electron chi connectivity index (χ3n) is 2.65. The maximum absolute atomic E-state index is 12.1. The summed E-state index contributed by atoms with van der Waals surface area (Å²) in [6.45, 7) is 2.34. The molecule has 0 aromatic carbocycles. The van der Waals surface area contributed by atoms with Gasteiger partial charge in [-0.1, -0.05) is 0 Å². The number of rotatable bonds is 6. The largest absolute Gasteiger partial charge is 0.481 e. The number of amides is 1. The second-order valence-electron chi connectivity index (χ2n) is 4.12. The van der Waals surface area contributed by atoms with Crippen LogP contribution in [0.15, 0.2) is 15.9 Å². The highest BCUT2D eigenvalue weighted by Crippen LogP contribution is 2.29. The first-order chi connectivity index (χ1) is 8.41. The molecule has 1 amide bonds. The Morgan fingerprint density at radius 1 is 1.50 bits per heavy atom. The maximum atomic E-state index is 12.1. The molecule has 1 aromatic heterocycles. The molecule has 1 N–H and O–H groups in total. The quantitative estimate of drug-likeness (QED) is 0.870. The van der Waals surface area contributed by atoms with Crippen LogP contribution < -0.4 is 0 Å². The van der Waals surface area contributed by atoms with E-state index in [4.69, 9.17) is 5.11 Å². The number of hydrogen-bond donors (Lipinski definition) is 1. The average Bonchev–Trinajstić information content (AvgIpc) is 2.73. The molecule has 0 saturated heterocycles. The molecule has 0 fully saturated rings. The van der Waals surface area contributed by atoms with E-state index in [1.165, 1.54) is 0 Å². The van der Waals surface area contributed by atoms with Gasteiger partial charge in [-0.15, -0.1) is 11.3 Å². The molecule has 1 unspecified atom stereocenters. The van der Waals surface area contributed by atoms with Crippen LogP contribution in [0.4, 0.5) is 0 Å². The fourth-order valence-electron chi connectivity index (χ4n) is 1.59. The van der Waals surface area contributed by atoms with Crippen molar-refractivity contribution in [3.63, 3.8) is 0 Å². The van der Waals surface area contributed by atoms with Crippen LogP contribution in [0, 0.1) is 0 Å². The number of carbonyl (C=O) groups excluding carboxylic acids is 1. The van der Waals surface area contributed by atoms with Gasteiger partial charge in [-0.3, -0.25) is 9.59 Å². The Kier molecular flexibility index (Phi) is 5.81. The van der Waals surface area contributed by atoms with E-state index in [9.17, 15) is 9.59 Å². The van der Waals surface area contributed by atoms with Gasteiger partial charge in [-0.25, -0.2) is 0 Å². The van der Waals surface area contributed by atoms with Crippen LogP contribution in [-0.4, -0.2) is 35.5 Å². The molecule has 0 bridgehead atoms. The highest BCUT2D eigenvalue weighted by atomic mass is 79.9. The molecule has 0 spiro atoms. The summed E-state index contributed by atoms with van der Waals surface area (Å²) in [5.74, 6) is -0.989. The van der Waals surface area contributed by atoms with Gasteiger partial charge in [-0.2, -0.15) is 0 Å². The number of carbonyl (C=O) groups is 2. The van der Waals surface area contributed by atoms with Crippen molar-refractivity contribution < 1.29 is 14.7 Å². The highest BCUT2D eigenvalue weighted by Gasteiger charge is 2.20. The zero-order chi connectivity index (χ0) is 13.7. The lowest BCUT2D eigenvalue weighted by Crippen LogP contribution is -2.31. The Morgan fingerprint density at radius 2 is 2.17 bits per heavy atom. The molecule has 1 heterocycles. The molecule has 4 nitrogen and oxygen atoms in total. The minimum Gasteiger partial charge on any atom is -0.481 e. The van der Waals surface area contributed by atoms with Gasteiger partial charge in [0.1, 0.15) is 0 Å². The summed E-state index contributed by atoms with van der Waals surface area (Å²) in [4.78, 5) is 25.1. The minimum atomic E-state index is -0.828. The number of likely N-dealkylation sites (N-methyl/N-ethyl adjacent to an activating group) is 1. The topological polar surface area (TPSA) is 57.6 Å². The van der Waals surface area contributed by atoms with Crippen LogP contribution in [0.2, 0.25) is 0 Å². The van der Waals surface area contributed by atoms with Gasteiger partial charge in [-0.05, 0) is 41.4 Å². The molecule has 0 aliphatic rings. The van der Waals surface area contributed by atoms with Crippen LogP contribution in [0.1, 0.15) is 30.6 Å². The van der Waals surface area contributed by atoms with Crippen molar-refractivity contribution in [3.05, 3.63) is 20.8 Å².